The standard InChI is InChI=1S/C16H23N3/c1-4-19-15(11-13(3)18-19)10-12(2)16(17)14-8-6-5-7-9-14/h5-9,11-12,16H,4,10,17H2,1-3H3. The lowest BCUT2D eigenvalue weighted by Crippen LogP contribution is -2.22. The number of rotatable bonds is 5. The fourth-order valence-corrected chi connectivity index (χ4v) is 2.50. The number of hydrogen-bond acceptors (Lipinski definition) is 2. The summed E-state index contributed by atoms with van der Waals surface area (Å²) in [5.74, 6) is 0.392. The number of nitrogens with zero attached hydrogens (tertiary/aromatic N) is 2. The Balaban J connectivity index is 2.10. The molecule has 3 nitrogen and oxygen atoms in total. The first-order valence-electron chi connectivity index (χ1n) is 6.95. The van der Waals surface area contributed by atoms with E-state index in [-0.39, 0.29) is 6.04 Å². The van der Waals surface area contributed by atoms with Gasteiger partial charge in [0, 0.05) is 18.3 Å². The van der Waals surface area contributed by atoms with Crippen molar-refractivity contribution < 1.29 is 0 Å². The van der Waals surface area contributed by atoms with E-state index in [4.69, 9.17) is 5.73 Å². The molecule has 1 aromatic carbocycles. The molecule has 0 radical (unpaired) electrons. The molecule has 0 aliphatic rings. The monoisotopic (exact) mass is 257 g/mol. The fourth-order valence-electron chi connectivity index (χ4n) is 2.50. The third-order valence-electron chi connectivity index (χ3n) is 3.61. The summed E-state index contributed by atoms with van der Waals surface area (Å²) in [6.45, 7) is 7.28. The molecule has 2 aromatic rings. The molecule has 0 aliphatic heterocycles. The van der Waals surface area contributed by atoms with E-state index >= 15 is 0 Å². The molecule has 0 spiro atoms. The Morgan fingerprint density at radius 1 is 1.26 bits per heavy atom. The second kappa shape index (κ2) is 6.02. The van der Waals surface area contributed by atoms with Crippen LogP contribution in [-0.4, -0.2) is 9.78 Å². The SMILES string of the molecule is CCn1nc(C)cc1CC(C)C(N)c1ccccc1. The van der Waals surface area contributed by atoms with Gasteiger partial charge in [0.2, 0.25) is 0 Å². The smallest absolute Gasteiger partial charge is 0.0596 e. The molecular weight excluding hydrogens is 234 g/mol. The van der Waals surface area contributed by atoms with Crippen molar-refractivity contribution in [2.75, 3.05) is 0 Å². The van der Waals surface area contributed by atoms with Crippen molar-refractivity contribution in [1.29, 1.82) is 0 Å². The normalized spacial score (nSPS) is 14.3. The third kappa shape index (κ3) is 3.24. The molecule has 0 bridgehead atoms. The minimum absolute atomic E-state index is 0.0710. The van der Waals surface area contributed by atoms with Gasteiger partial charge < -0.3 is 5.73 Å². The molecule has 0 fully saturated rings. The van der Waals surface area contributed by atoms with Gasteiger partial charge in [0.1, 0.15) is 0 Å². The van der Waals surface area contributed by atoms with Gasteiger partial charge in [0.25, 0.3) is 0 Å². The van der Waals surface area contributed by atoms with Crippen molar-refractivity contribution in [1.82, 2.24) is 9.78 Å². The van der Waals surface area contributed by atoms with Gasteiger partial charge in [-0.25, -0.2) is 0 Å². The summed E-state index contributed by atoms with van der Waals surface area (Å²) >= 11 is 0. The summed E-state index contributed by atoms with van der Waals surface area (Å²) in [6.07, 6.45) is 0.963. The van der Waals surface area contributed by atoms with Gasteiger partial charge >= 0.3 is 0 Å². The topological polar surface area (TPSA) is 43.8 Å². The minimum Gasteiger partial charge on any atom is -0.324 e. The number of aryl methyl sites for hydroxylation is 2. The summed E-state index contributed by atoms with van der Waals surface area (Å²) in [7, 11) is 0. The maximum absolute atomic E-state index is 6.36. The highest BCUT2D eigenvalue weighted by Gasteiger charge is 2.17. The Labute approximate surface area is 115 Å². The zero-order valence-corrected chi connectivity index (χ0v) is 12.0. The van der Waals surface area contributed by atoms with Crippen LogP contribution in [0.25, 0.3) is 0 Å². The third-order valence-corrected chi connectivity index (χ3v) is 3.61. The fraction of sp³-hybridized carbons (Fsp3) is 0.438. The van der Waals surface area contributed by atoms with Crippen LogP contribution in [0.5, 0.6) is 0 Å². The molecule has 0 saturated heterocycles. The van der Waals surface area contributed by atoms with E-state index in [0.29, 0.717) is 5.92 Å². The minimum atomic E-state index is 0.0710. The van der Waals surface area contributed by atoms with Crippen LogP contribution in [0.4, 0.5) is 0 Å². The number of nitrogens with two attached hydrogens (primary N) is 1. The highest BCUT2D eigenvalue weighted by atomic mass is 15.3. The summed E-state index contributed by atoms with van der Waals surface area (Å²) in [6, 6.07) is 12.5. The van der Waals surface area contributed by atoms with Crippen LogP contribution in [0.2, 0.25) is 0 Å². The first-order valence-corrected chi connectivity index (χ1v) is 6.95. The second-order valence-corrected chi connectivity index (χ2v) is 5.21. The predicted molar refractivity (Wildman–Crippen MR) is 78.9 cm³/mol. The van der Waals surface area contributed by atoms with Crippen LogP contribution < -0.4 is 5.73 Å². The maximum Gasteiger partial charge on any atom is 0.0596 e. The first kappa shape index (κ1) is 13.8. The summed E-state index contributed by atoms with van der Waals surface area (Å²) < 4.78 is 2.07. The van der Waals surface area contributed by atoms with Crippen molar-refractivity contribution in [2.45, 2.75) is 39.8 Å². The first-order chi connectivity index (χ1) is 9.11. The predicted octanol–water partition coefficient (Wildman–Crippen LogP) is 3.09. The molecule has 102 valence electrons. The van der Waals surface area contributed by atoms with Gasteiger partial charge in [-0.05, 0) is 37.8 Å². The summed E-state index contributed by atoms with van der Waals surface area (Å²) in [5.41, 5.74) is 9.92. The quantitative estimate of drug-likeness (QED) is 0.894. The van der Waals surface area contributed by atoms with Crippen molar-refractivity contribution in [3.63, 3.8) is 0 Å². The molecule has 2 unspecified atom stereocenters. The van der Waals surface area contributed by atoms with E-state index in [2.05, 4.69) is 41.8 Å². The van der Waals surface area contributed by atoms with Crippen LogP contribution >= 0.6 is 0 Å². The lowest BCUT2D eigenvalue weighted by atomic mass is 9.91. The number of benzene rings is 1. The molecule has 2 rings (SSSR count). The Morgan fingerprint density at radius 3 is 2.58 bits per heavy atom. The van der Waals surface area contributed by atoms with Crippen molar-refractivity contribution in [3.8, 4) is 0 Å². The average Bonchev–Trinajstić information content (AvgIpc) is 2.78. The molecule has 0 amide bonds. The van der Waals surface area contributed by atoms with Gasteiger partial charge in [-0.15, -0.1) is 0 Å². The Hall–Kier alpha value is -1.61. The van der Waals surface area contributed by atoms with Gasteiger partial charge in [0.15, 0.2) is 0 Å². The number of hydrogen-bond donors (Lipinski definition) is 1. The lowest BCUT2D eigenvalue weighted by molar-refractivity contribution is 0.448. The Morgan fingerprint density at radius 2 is 1.95 bits per heavy atom. The van der Waals surface area contributed by atoms with Gasteiger partial charge in [-0.3, -0.25) is 4.68 Å². The Kier molecular flexibility index (Phi) is 4.38. The largest absolute Gasteiger partial charge is 0.324 e. The van der Waals surface area contributed by atoms with Crippen LogP contribution in [-0.2, 0) is 13.0 Å². The molecular formula is C16H23N3. The average molecular weight is 257 g/mol. The van der Waals surface area contributed by atoms with E-state index in [1.54, 1.807) is 0 Å². The molecule has 1 aromatic heterocycles. The van der Waals surface area contributed by atoms with E-state index in [1.165, 1.54) is 11.3 Å². The molecule has 3 heteroatoms. The van der Waals surface area contributed by atoms with Crippen LogP contribution in [0.3, 0.4) is 0 Å². The van der Waals surface area contributed by atoms with E-state index in [1.807, 2.05) is 25.1 Å². The lowest BCUT2D eigenvalue weighted by Gasteiger charge is -2.20. The zero-order valence-electron chi connectivity index (χ0n) is 12.0. The molecule has 1 heterocycles. The van der Waals surface area contributed by atoms with Crippen molar-refractivity contribution >= 4 is 0 Å². The second-order valence-electron chi connectivity index (χ2n) is 5.21. The van der Waals surface area contributed by atoms with Crippen molar-refractivity contribution in [3.05, 3.63) is 53.3 Å². The maximum atomic E-state index is 6.36. The van der Waals surface area contributed by atoms with Crippen LogP contribution in [0.1, 0.15) is 36.8 Å². The zero-order chi connectivity index (χ0) is 13.8. The highest BCUT2D eigenvalue weighted by Crippen LogP contribution is 2.23. The van der Waals surface area contributed by atoms with Crippen LogP contribution in [0, 0.1) is 12.8 Å². The summed E-state index contributed by atoms with van der Waals surface area (Å²) in [5, 5.41) is 4.49. The molecule has 19 heavy (non-hydrogen) atoms. The van der Waals surface area contributed by atoms with Gasteiger partial charge in [-0.1, -0.05) is 37.3 Å². The number of aromatic nitrogens is 2. The van der Waals surface area contributed by atoms with E-state index < -0.39 is 0 Å². The molecule has 0 saturated carbocycles. The van der Waals surface area contributed by atoms with Gasteiger partial charge in [-0.2, -0.15) is 5.10 Å². The molecule has 2 atom stereocenters. The molecule has 0 aliphatic carbocycles. The van der Waals surface area contributed by atoms with E-state index in [9.17, 15) is 0 Å². The van der Waals surface area contributed by atoms with Gasteiger partial charge in [0.05, 0.1) is 5.69 Å². The molecule has 2 N–H and O–H groups in total. The van der Waals surface area contributed by atoms with Crippen LogP contribution in [0.15, 0.2) is 36.4 Å². The van der Waals surface area contributed by atoms with E-state index in [0.717, 1.165) is 18.7 Å². The van der Waals surface area contributed by atoms with Crippen molar-refractivity contribution in [2.24, 2.45) is 11.7 Å². The summed E-state index contributed by atoms with van der Waals surface area (Å²) in [4.78, 5) is 0. The Bertz CT molecular complexity index is 516. The highest BCUT2D eigenvalue weighted by molar-refractivity contribution is 5.20.